The number of aromatic nitrogens is 1. The maximum Gasteiger partial charge on any atom is 0.128 e. The van der Waals surface area contributed by atoms with Crippen molar-refractivity contribution in [2.75, 3.05) is 37.6 Å². The van der Waals surface area contributed by atoms with Gasteiger partial charge in [-0.3, -0.25) is 0 Å². The first-order chi connectivity index (χ1) is 9.41. The summed E-state index contributed by atoms with van der Waals surface area (Å²) in [6.07, 6.45) is 2.07. The summed E-state index contributed by atoms with van der Waals surface area (Å²) in [5, 5.41) is 0. The molecule has 0 radical (unpaired) electrons. The van der Waals surface area contributed by atoms with E-state index in [4.69, 9.17) is 4.98 Å². The van der Waals surface area contributed by atoms with Crippen LogP contribution in [0.2, 0.25) is 0 Å². The van der Waals surface area contributed by atoms with E-state index < -0.39 is 0 Å². The molecule has 1 aliphatic heterocycles. The molecule has 3 nitrogen and oxygen atoms in total. The van der Waals surface area contributed by atoms with E-state index in [1.165, 1.54) is 5.56 Å². The predicted octanol–water partition coefficient (Wildman–Crippen LogP) is 3.37. The number of anilines is 1. The third-order valence-electron chi connectivity index (χ3n) is 4.71. The van der Waals surface area contributed by atoms with Gasteiger partial charge in [-0.1, -0.05) is 40.7 Å². The number of nitrogens with zero attached hydrogens (tertiary/aromatic N) is 3. The molecule has 0 aromatic carbocycles. The van der Waals surface area contributed by atoms with E-state index in [-0.39, 0.29) is 5.41 Å². The van der Waals surface area contributed by atoms with E-state index in [1.54, 1.807) is 0 Å². The molecule has 2 rings (SSSR count). The summed E-state index contributed by atoms with van der Waals surface area (Å²) >= 11 is 0. The lowest BCUT2D eigenvalue weighted by Gasteiger charge is -2.35. The lowest BCUT2D eigenvalue weighted by Crippen LogP contribution is -2.46. The second-order valence-corrected chi connectivity index (χ2v) is 6.96. The highest BCUT2D eigenvalue weighted by atomic mass is 15.3. The highest BCUT2D eigenvalue weighted by molar-refractivity contribution is 5.40. The van der Waals surface area contributed by atoms with Gasteiger partial charge in [-0.25, -0.2) is 4.98 Å². The average molecular weight is 275 g/mol. The van der Waals surface area contributed by atoms with E-state index in [2.05, 4.69) is 62.7 Å². The molecule has 0 aliphatic carbocycles. The molecule has 0 bridgehead atoms. The Balaban J connectivity index is 2.02. The van der Waals surface area contributed by atoms with Crippen molar-refractivity contribution in [1.29, 1.82) is 0 Å². The van der Waals surface area contributed by atoms with Crippen LogP contribution < -0.4 is 4.90 Å². The highest BCUT2D eigenvalue weighted by Crippen LogP contribution is 2.34. The summed E-state index contributed by atoms with van der Waals surface area (Å²) < 4.78 is 0. The van der Waals surface area contributed by atoms with Crippen LogP contribution in [-0.2, 0) is 0 Å². The zero-order valence-corrected chi connectivity index (χ0v) is 13.7. The Morgan fingerprint density at radius 1 is 1.15 bits per heavy atom. The van der Waals surface area contributed by atoms with Crippen LogP contribution in [-0.4, -0.2) is 42.6 Å². The normalized spacial score (nSPS) is 19.1. The van der Waals surface area contributed by atoms with Gasteiger partial charge in [-0.15, -0.1) is 0 Å². The fourth-order valence-corrected chi connectivity index (χ4v) is 2.63. The first-order valence-electron chi connectivity index (χ1n) is 7.85. The van der Waals surface area contributed by atoms with Gasteiger partial charge in [0.25, 0.3) is 0 Å². The molecule has 112 valence electrons. The molecular formula is C17H29N3. The van der Waals surface area contributed by atoms with Gasteiger partial charge in [0.1, 0.15) is 5.82 Å². The summed E-state index contributed by atoms with van der Waals surface area (Å²) in [5.41, 5.74) is 1.63. The first-order valence-corrected chi connectivity index (χ1v) is 7.85. The average Bonchev–Trinajstić information content (AvgIpc) is 2.46. The number of piperazine rings is 1. The molecule has 1 aliphatic rings. The van der Waals surface area contributed by atoms with E-state index in [9.17, 15) is 0 Å². The molecule has 1 fully saturated rings. The van der Waals surface area contributed by atoms with Crippen LogP contribution in [0, 0.1) is 5.41 Å². The number of rotatable bonds is 3. The largest absolute Gasteiger partial charge is 0.354 e. The van der Waals surface area contributed by atoms with Crippen LogP contribution in [0.1, 0.15) is 46.1 Å². The maximum absolute atomic E-state index is 4.70. The van der Waals surface area contributed by atoms with Crippen molar-refractivity contribution >= 4 is 5.82 Å². The number of hydrogen-bond donors (Lipinski definition) is 0. The molecule has 20 heavy (non-hydrogen) atoms. The van der Waals surface area contributed by atoms with Gasteiger partial charge in [0.15, 0.2) is 0 Å². The quantitative estimate of drug-likeness (QED) is 0.843. The predicted molar refractivity (Wildman–Crippen MR) is 86.4 cm³/mol. The van der Waals surface area contributed by atoms with Crippen molar-refractivity contribution < 1.29 is 0 Å². The third kappa shape index (κ3) is 3.51. The van der Waals surface area contributed by atoms with E-state index >= 15 is 0 Å². The smallest absolute Gasteiger partial charge is 0.128 e. The monoisotopic (exact) mass is 275 g/mol. The number of hydrogen-bond acceptors (Lipinski definition) is 3. The van der Waals surface area contributed by atoms with Crippen molar-refractivity contribution in [3.8, 4) is 0 Å². The molecule has 1 saturated heterocycles. The molecule has 0 amide bonds. The van der Waals surface area contributed by atoms with Crippen molar-refractivity contribution in [2.24, 2.45) is 5.41 Å². The van der Waals surface area contributed by atoms with Crippen LogP contribution in [0.5, 0.6) is 0 Å². The van der Waals surface area contributed by atoms with Gasteiger partial charge in [0.2, 0.25) is 0 Å². The zero-order chi connectivity index (χ0) is 14.8. The Morgan fingerprint density at radius 2 is 1.80 bits per heavy atom. The van der Waals surface area contributed by atoms with Crippen molar-refractivity contribution in [3.05, 3.63) is 23.9 Å². The van der Waals surface area contributed by atoms with E-state index in [0.29, 0.717) is 5.92 Å². The van der Waals surface area contributed by atoms with Gasteiger partial charge in [-0.05, 0) is 29.5 Å². The summed E-state index contributed by atoms with van der Waals surface area (Å²) in [6.45, 7) is 17.0. The Kier molecular flexibility index (Phi) is 4.69. The second-order valence-electron chi connectivity index (χ2n) is 6.96. The Bertz CT molecular complexity index is 411. The van der Waals surface area contributed by atoms with Crippen LogP contribution >= 0.6 is 0 Å². The molecule has 0 unspecified atom stereocenters. The summed E-state index contributed by atoms with van der Waals surface area (Å²) in [6, 6.07) is 4.45. The molecule has 0 saturated carbocycles. The Hall–Kier alpha value is -1.09. The lowest BCUT2D eigenvalue weighted by atomic mass is 9.78. The molecule has 0 N–H and O–H groups in total. The van der Waals surface area contributed by atoms with Crippen LogP contribution in [0.3, 0.4) is 0 Å². The molecule has 0 spiro atoms. The topological polar surface area (TPSA) is 19.4 Å². The van der Waals surface area contributed by atoms with Crippen molar-refractivity contribution in [2.45, 2.75) is 40.5 Å². The lowest BCUT2D eigenvalue weighted by molar-refractivity contribution is 0.270. The Morgan fingerprint density at radius 3 is 2.25 bits per heavy atom. The molecule has 1 atom stereocenters. The van der Waals surface area contributed by atoms with Gasteiger partial charge >= 0.3 is 0 Å². The first kappa shape index (κ1) is 15.3. The van der Waals surface area contributed by atoms with Gasteiger partial charge in [-0.2, -0.15) is 0 Å². The highest BCUT2D eigenvalue weighted by Gasteiger charge is 2.22. The fourth-order valence-electron chi connectivity index (χ4n) is 2.63. The fraction of sp³-hybridized carbons (Fsp3) is 0.706. The van der Waals surface area contributed by atoms with Crippen LogP contribution in [0.15, 0.2) is 18.3 Å². The standard InChI is InChI=1S/C17H29N3/c1-6-19-9-11-20(12-10-19)16-8-7-15(13-18-16)14(2)17(3,4)5/h7-8,13-14H,6,9-12H2,1-5H3/t14-/m1/s1. The summed E-state index contributed by atoms with van der Waals surface area (Å²) in [4.78, 5) is 9.59. The van der Waals surface area contributed by atoms with Crippen molar-refractivity contribution in [1.82, 2.24) is 9.88 Å². The van der Waals surface area contributed by atoms with Crippen LogP contribution in [0.4, 0.5) is 5.82 Å². The Labute approximate surface area is 124 Å². The van der Waals surface area contributed by atoms with Crippen LogP contribution in [0.25, 0.3) is 0 Å². The molecule has 2 heterocycles. The number of likely N-dealkylation sites (N-methyl/N-ethyl adjacent to an activating group) is 1. The van der Waals surface area contributed by atoms with Gasteiger partial charge in [0, 0.05) is 32.4 Å². The molecule has 1 aromatic heterocycles. The minimum absolute atomic E-state index is 0.288. The summed E-state index contributed by atoms with van der Waals surface area (Å²) in [5.74, 6) is 1.66. The van der Waals surface area contributed by atoms with E-state index in [1.807, 2.05) is 0 Å². The SMILES string of the molecule is CCN1CCN(c2ccc([C@@H](C)C(C)(C)C)cn2)CC1. The third-order valence-corrected chi connectivity index (χ3v) is 4.71. The van der Waals surface area contributed by atoms with E-state index in [0.717, 1.165) is 38.5 Å². The molecular weight excluding hydrogens is 246 g/mol. The molecule has 1 aromatic rings. The zero-order valence-electron chi connectivity index (χ0n) is 13.7. The minimum Gasteiger partial charge on any atom is -0.354 e. The molecule has 3 heteroatoms. The second kappa shape index (κ2) is 6.13. The van der Waals surface area contributed by atoms with Gasteiger partial charge in [0.05, 0.1) is 0 Å². The summed E-state index contributed by atoms with van der Waals surface area (Å²) in [7, 11) is 0. The van der Waals surface area contributed by atoms with Gasteiger partial charge < -0.3 is 9.80 Å². The minimum atomic E-state index is 0.288. The number of pyridine rings is 1. The van der Waals surface area contributed by atoms with Crippen molar-refractivity contribution in [3.63, 3.8) is 0 Å². The maximum atomic E-state index is 4.70.